The third-order valence-electron chi connectivity index (χ3n) is 4.35. The molecule has 1 aliphatic rings. The Kier molecular flexibility index (Phi) is 4.22. The first kappa shape index (κ1) is 14.8. The van der Waals surface area contributed by atoms with Gasteiger partial charge < -0.3 is 5.32 Å². The van der Waals surface area contributed by atoms with Crippen LogP contribution in [-0.2, 0) is 4.79 Å². The molecule has 1 fully saturated rings. The molecule has 0 spiro atoms. The second kappa shape index (κ2) is 6.30. The molecule has 2 atom stereocenters. The van der Waals surface area contributed by atoms with Gasteiger partial charge in [0.05, 0.1) is 17.6 Å². The van der Waals surface area contributed by atoms with Gasteiger partial charge in [-0.1, -0.05) is 31.9 Å². The molecular formula is C17H20FN3O. The molecule has 2 aromatic rings. The zero-order valence-electron chi connectivity index (χ0n) is 12.6. The van der Waals surface area contributed by atoms with Gasteiger partial charge in [0.2, 0.25) is 5.91 Å². The van der Waals surface area contributed by atoms with Crippen molar-refractivity contribution in [3.63, 3.8) is 0 Å². The van der Waals surface area contributed by atoms with Crippen molar-refractivity contribution in [2.75, 3.05) is 5.32 Å². The fourth-order valence-corrected chi connectivity index (χ4v) is 3.16. The average Bonchev–Trinajstić information content (AvgIpc) is 2.95. The van der Waals surface area contributed by atoms with Crippen molar-refractivity contribution in [3.05, 3.63) is 36.3 Å². The Bertz CT molecular complexity index is 667. The number of carbonyl (C=O) groups is 1. The van der Waals surface area contributed by atoms with Crippen LogP contribution in [0.15, 0.2) is 30.5 Å². The van der Waals surface area contributed by atoms with Crippen LogP contribution in [0.25, 0.3) is 11.3 Å². The standard InChI is InChI=1S/C17H20FN3O/c1-11-5-4-6-12(9-11)17(22)20-15-10-19-21-16(15)13-7-2-3-8-14(13)18/h2-3,7-8,10-12H,4-6,9H2,1H3,(H,19,21)(H,20,22)/t11-,12+/m1/s1. The van der Waals surface area contributed by atoms with Crippen molar-refractivity contribution in [3.8, 4) is 11.3 Å². The fraction of sp³-hybridized carbons (Fsp3) is 0.412. The summed E-state index contributed by atoms with van der Waals surface area (Å²) in [4.78, 5) is 12.4. The maximum absolute atomic E-state index is 13.9. The molecule has 0 radical (unpaired) electrons. The number of H-pyrrole nitrogens is 1. The molecule has 1 aromatic heterocycles. The minimum absolute atomic E-state index is 0.00513. The first-order chi connectivity index (χ1) is 10.6. The highest BCUT2D eigenvalue weighted by Gasteiger charge is 2.26. The minimum atomic E-state index is -0.339. The number of nitrogens with one attached hydrogen (secondary N) is 2. The summed E-state index contributed by atoms with van der Waals surface area (Å²) in [5.74, 6) is 0.283. The van der Waals surface area contributed by atoms with E-state index in [4.69, 9.17) is 0 Å². The second-order valence-electron chi connectivity index (χ2n) is 6.10. The predicted molar refractivity (Wildman–Crippen MR) is 83.7 cm³/mol. The molecule has 1 aromatic carbocycles. The summed E-state index contributed by atoms with van der Waals surface area (Å²) in [5.41, 5.74) is 1.45. The van der Waals surface area contributed by atoms with Gasteiger partial charge in [-0.25, -0.2) is 4.39 Å². The van der Waals surface area contributed by atoms with Crippen molar-refractivity contribution >= 4 is 11.6 Å². The summed E-state index contributed by atoms with van der Waals surface area (Å²) in [6.07, 6.45) is 5.65. The lowest BCUT2D eigenvalue weighted by Gasteiger charge is -2.25. The van der Waals surface area contributed by atoms with E-state index in [0.29, 0.717) is 22.9 Å². The smallest absolute Gasteiger partial charge is 0.227 e. The number of carbonyl (C=O) groups excluding carboxylic acids is 1. The molecule has 2 N–H and O–H groups in total. The molecular weight excluding hydrogens is 281 g/mol. The average molecular weight is 301 g/mol. The number of nitrogens with zero attached hydrogens (tertiary/aromatic N) is 1. The van der Waals surface area contributed by atoms with E-state index in [1.807, 2.05) is 0 Å². The van der Waals surface area contributed by atoms with Gasteiger partial charge in [-0.05, 0) is 30.9 Å². The molecule has 0 aliphatic heterocycles. The van der Waals surface area contributed by atoms with Gasteiger partial charge in [0.1, 0.15) is 5.82 Å². The Morgan fingerprint density at radius 3 is 2.95 bits per heavy atom. The van der Waals surface area contributed by atoms with Crippen LogP contribution < -0.4 is 5.32 Å². The van der Waals surface area contributed by atoms with Crippen molar-refractivity contribution in [2.24, 2.45) is 11.8 Å². The maximum atomic E-state index is 13.9. The van der Waals surface area contributed by atoms with E-state index in [0.717, 1.165) is 19.3 Å². The van der Waals surface area contributed by atoms with E-state index in [9.17, 15) is 9.18 Å². The number of aromatic amines is 1. The van der Waals surface area contributed by atoms with Crippen LogP contribution in [-0.4, -0.2) is 16.1 Å². The number of aromatic nitrogens is 2. The zero-order valence-corrected chi connectivity index (χ0v) is 12.6. The molecule has 5 heteroatoms. The van der Waals surface area contributed by atoms with Crippen LogP contribution in [0.1, 0.15) is 32.6 Å². The lowest BCUT2D eigenvalue weighted by Crippen LogP contribution is -2.27. The van der Waals surface area contributed by atoms with Crippen molar-refractivity contribution < 1.29 is 9.18 Å². The first-order valence-electron chi connectivity index (χ1n) is 7.74. The third-order valence-corrected chi connectivity index (χ3v) is 4.35. The number of anilines is 1. The van der Waals surface area contributed by atoms with E-state index in [2.05, 4.69) is 22.4 Å². The normalized spacial score (nSPS) is 21.5. The highest BCUT2D eigenvalue weighted by Crippen LogP contribution is 2.31. The number of rotatable bonds is 3. The van der Waals surface area contributed by atoms with Crippen LogP contribution in [0.3, 0.4) is 0 Å². The largest absolute Gasteiger partial charge is 0.323 e. The van der Waals surface area contributed by atoms with E-state index < -0.39 is 0 Å². The second-order valence-corrected chi connectivity index (χ2v) is 6.10. The van der Waals surface area contributed by atoms with Gasteiger partial charge in [0.25, 0.3) is 0 Å². The molecule has 1 heterocycles. The Balaban J connectivity index is 1.78. The van der Waals surface area contributed by atoms with Gasteiger partial charge in [-0.2, -0.15) is 5.10 Å². The number of hydrogen-bond donors (Lipinski definition) is 2. The molecule has 0 bridgehead atoms. The quantitative estimate of drug-likeness (QED) is 0.901. The summed E-state index contributed by atoms with van der Waals surface area (Å²) >= 11 is 0. The van der Waals surface area contributed by atoms with Crippen LogP contribution in [0, 0.1) is 17.7 Å². The van der Waals surface area contributed by atoms with Crippen LogP contribution in [0.4, 0.5) is 10.1 Å². The summed E-state index contributed by atoms with van der Waals surface area (Å²) in [5, 5.41) is 9.63. The number of halogens is 1. The van der Waals surface area contributed by atoms with Gasteiger partial charge in [-0.15, -0.1) is 0 Å². The lowest BCUT2D eigenvalue weighted by atomic mass is 9.82. The van der Waals surface area contributed by atoms with Crippen LogP contribution in [0.5, 0.6) is 0 Å². The topological polar surface area (TPSA) is 57.8 Å². The summed E-state index contributed by atoms with van der Waals surface area (Å²) in [6.45, 7) is 2.18. The lowest BCUT2D eigenvalue weighted by molar-refractivity contribution is -0.121. The molecule has 4 nitrogen and oxygen atoms in total. The Morgan fingerprint density at radius 2 is 2.18 bits per heavy atom. The SMILES string of the molecule is C[C@@H]1CCC[C@H](C(=O)Nc2cn[nH]c2-c2ccccc2F)C1. The molecule has 1 amide bonds. The zero-order chi connectivity index (χ0) is 15.5. The van der Waals surface area contributed by atoms with Crippen molar-refractivity contribution in [1.29, 1.82) is 0 Å². The van der Waals surface area contributed by atoms with E-state index in [1.165, 1.54) is 18.7 Å². The number of hydrogen-bond acceptors (Lipinski definition) is 2. The Labute approximate surface area is 129 Å². The minimum Gasteiger partial charge on any atom is -0.323 e. The van der Waals surface area contributed by atoms with E-state index in [-0.39, 0.29) is 17.6 Å². The molecule has 0 unspecified atom stereocenters. The van der Waals surface area contributed by atoms with Gasteiger partial charge in [-0.3, -0.25) is 9.89 Å². The number of amides is 1. The Hall–Kier alpha value is -2.17. The van der Waals surface area contributed by atoms with Gasteiger partial charge in [0.15, 0.2) is 0 Å². The van der Waals surface area contributed by atoms with E-state index in [1.54, 1.807) is 18.2 Å². The van der Waals surface area contributed by atoms with Gasteiger partial charge in [0, 0.05) is 11.5 Å². The predicted octanol–water partition coefficient (Wildman–Crippen LogP) is 3.98. The Morgan fingerprint density at radius 1 is 1.36 bits per heavy atom. The van der Waals surface area contributed by atoms with Crippen LogP contribution in [0.2, 0.25) is 0 Å². The molecule has 0 saturated heterocycles. The van der Waals surface area contributed by atoms with Crippen LogP contribution >= 0.6 is 0 Å². The summed E-state index contributed by atoms with van der Waals surface area (Å²) < 4.78 is 13.9. The number of benzene rings is 1. The highest BCUT2D eigenvalue weighted by molar-refractivity contribution is 5.95. The molecule has 1 aliphatic carbocycles. The van der Waals surface area contributed by atoms with Crippen molar-refractivity contribution in [2.45, 2.75) is 32.6 Å². The molecule has 116 valence electrons. The maximum Gasteiger partial charge on any atom is 0.227 e. The third kappa shape index (κ3) is 3.03. The molecule has 1 saturated carbocycles. The highest BCUT2D eigenvalue weighted by atomic mass is 19.1. The summed E-state index contributed by atoms with van der Waals surface area (Å²) in [6, 6.07) is 6.45. The molecule has 22 heavy (non-hydrogen) atoms. The van der Waals surface area contributed by atoms with Gasteiger partial charge >= 0.3 is 0 Å². The molecule has 3 rings (SSSR count). The van der Waals surface area contributed by atoms with Crippen molar-refractivity contribution in [1.82, 2.24) is 10.2 Å². The first-order valence-corrected chi connectivity index (χ1v) is 7.74. The fourth-order valence-electron chi connectivity index (χ4n) is 3.16. The van der Waals surface area contributed by atoms with E-state index >= 15 is 0 Å². The summed E-state index contributed by atoms with van der Waals surface area (Å²) in [7, 11) is 0. The monoisotopic (exact) mass is 301 g/mol.